The first-order valence-corrected chi connectivity index (χ1v) is 12.3. The maximum absolute atomic E-state index is 13.0. The summed E-state index contributed by atoms with van der Waals surface area (Å²) in [7, 11) is 0. The third-order valence-corrected chi connectivity index (χ3v) is 7.04. The van der Waals surface area contributed by atoms with Gasteiger partial charge in [-0.25, -0.2) is 4.98 Å². The molecule has 2 amide bonds. The number of ether oxygens (including phenoxy) is 1. The molecule has 0 saturated carbocycles. The zero-order valence-corrected chi connectivity index (χ0v) is 20.8. The molecule has 2 aliphatic heterocycles. The number of amides is 2. The van der Waals surface area contributed by atoms with Crippen LogP contribution in [0.3, 0.4) is 0 Å². The van der Waals surface area contributed by atoms with Gasteiger partial charge < -0.3 is 15.0 Å². The number of hydrogen-bond acceptors (Lipinski definition) is 6. The van der Waals surface area contributed by atoms with Gasteiger partial charge in [-0.3, -0.25) is 14.5 Å². The molecule has 0 radical (unpaired) electrons. The minimum absolute atomic E-state index is 0.0729. The maximum atomic E-state index is 13.0. The van der Waals surface area contributed by atoms with Gasteiger partial charge in [0.15, 0.2) is 0 Å². The third kappa shape index (κ3) is 5.99. The first kappa shape index (κ1) is 25.1. The van der Waals surface area contributed by atoms with Crippen molar-refractivity contribution in [1.29, 1.82) is 5.26 Å². The fraction of sp³-hybridized carbons (Fsp3) is 0.462. The van der Waals surface area contributed by atoms with E-state index in [1.807, 2.05) is 24.0 Å². The number of benzene rings is 1. The molecule has 2 aliphatic rings. The molecule has 4 rings (SSSR count). The van der Waals surface area contributed by atoms with E-state index in [-0.39, 0.29) is 29.5 Å². The predicted molar refractivity (Wildman–Crippen MR) is 133 cm³/mol. The van der Waals surface area contributed by atoms with Gasteiger partial charge in [0, 0.05) is 73.8 Å². The molecular weight excluding hydrogens is 466 g/mol. The highest BCUT2D eigenvalue weighted by Crippen LogP contribution is 2.28. The molecule has 0 spiro atoms. The molecule has 1 aromatic heterocycles. The van der Waals surface area contributed by atoms with E-state index in [1.54, 1.807) is 12.1 Å². The number of carbonyl (C=O) groups is 2. The second-order valence-electron chi connectivity index (χ2n) is 9.24. The van der Waals surface area contributed by atoms with Gasteiger partial charge >= 0.3 is 0 Å². The van der Waals surface area contributed by atoms with E-state index in [1.165, 1.54) is 12.3 Å². The van der Waals surface area contributed by atoms with E-state index in [4.69, 9.17) is 21.6 Å². The Balaban J connectivity index is 1.42. The average molecular weight is 496 g/mol. The van der Waals surface area contributed by atoms with E-state index in [2.05, 4.69) is 22.1 Å². The number of aromatic nitrogens is 1. The fourth-order valence-corrected chi connectivity index (χ4v) is 5.02. The third-order valence-electron chi connectivity index (χ3n) is 6.82. The van der Waals surface area contributed by atoms with E-state index >= 15 is 0 Å². The predicted octanol–water partition coefficient (Wildman–Crippen LogP) is 3.63. The van der Waals surface area contributed by atoms with Gasteiger partial charge in [-0.1, -0.05) is 11.6 Å². The molecule has 184 valence electrons. The van der Waals surface area contributed by atoms with Crippen LogP contribution in [0, 0.1) is 24.2 Å². The van der Waals surface area contributed by atoms with Gasteiger partial charge in [0.2, 0.25) is 5.91 Å². The number of nitrogens with zero attached hydrogens (tertiary/aromatic N) is 4. The number of nitrogens with one attached hydrogen (secondary N) is 1. The van der Waals surface area contributed by atoms with Crippen LogP contribution in [0.4, 0.5) is 5.69 Å². The molecule has 1 aromatic carbocycles. The summed E-state index contributed by atoms with van der Waals surface area (Å²) in [5.41, 5.74) is 3.14. The van der Waals surface area contributed by atoms with Crippen molar-refractivity contribution in [2.75, 3.05) is 38.2 Å². The number of anilines is 1. The van der Waals surface area contributed by atoms with Crippen molar-refractivity contribution in [3.8, 4) is 6.07 Å². The monoisotopic (exact) mass is 495 g/mol. The Morgan fingerprint density at radius 3 is 2.74 bits per heavy atom. The number of pyridine rings is 1. The van der Waals surface area contributed by atoms with Crippen LogP contribution >= 0.6 is 11.6 Å². The number of piperazine rings is 1. The zero-order valence-electron chi connectivity index (χ0n) is 20.1. The van der Waals surface area contributed by atoms with E-state index < -0.39 is 0 Å². The van der Waals surface area contributed by atoms with Crippen LogP contribution in [0.1, 0.15) is 46.9 Å². The van der Waals surface area contributed by atoms with Gasteiger partial charge in [-0.15, -0.1) is 0 Å². The van der Waals surface area contributed by atoms with Gasteiger partial charge in [-0.2, -0.15) is 5.26 Å². The maximum Gasteiger partial charge on any atom is 0.255 e. The summed E-state index contributed by atoms with van der Waals surface area (Å²) in [5, 5.41) is 12.5. The van der Waals surface area contributed by atoms with Crippen LogP contribution < -0.4 is 5.32 Å². The molecule has 3 heterocycles. The summed E-state index contributed by atoms with van der Waals surface area (Å²) >= 11 is 6.41. The van der Waals surface area contributed by atoms with Crippen LogP contribution in [0.25, 0.3) is 0 Å². The minimum Gasteiger partial charge on any atom is -0.381 e. The van der Waals surface area contributed by atoms with Gasteiger partial charge in [0.1, 0.15) is 11.8 Å². The summed E-state index contributed by atoms with van der Waals surface area (Å²) < 4.78 is 5.41. The second-order valence-corrected chi connectivity index (χ2v) is 9.67. The molecule has 1 unspecified atom stereocenters. The molecular formula is C26H30ClN5O3. The normalized spacial score (nSPS) is 19.3. The number of rotatable bonds is 5. The lowest BCUT2D eigenvalue weighted by Crippen LogP contribution is -2.55. The van der Waals surface area contributed by atoms with Crippen molar-refractivity contribution < 1.29 is 14.3 Å². The topological polar surface area (TPSA) is 98.6 Å². The standard InChI is InChI=1S/C26H30ClN5O3/c1-17-15-31(7-8-32(17)26(34)19-4-9-35-10-5-19)16-21-11-22(27)13-24(18(21)2)30-25(33)20-3-6-29-23(12-20)14-28/h3,6,11-13,17,19H,4-5,7-10,15-16H2,1-2H3,(H,30,33). The minimum atomic E-state index is -0.325. The van der Waals surface area contributed by atoms with Crippen molar-refractivity contribution >= 4 is 29.1 Å². The molecule has 1 atom stereocenters. The number of halogens is 1. The number of hydrogen-bond donors (Lipinski definition) is 1. The molecule has 0 aliphatic carbocycles. The Morgan fingerprint density at radius 2 is 2.03 bits per heavy atom. The molecule has 8 nitrogen and oxygen atoms in total. The molecule has 35 heavy (non-hydrogen) atoms. The van der Waals surface area contributed by atoms with Crippen LogP contribution in [-0.2, 0) is 16.1 Å². The summed E-state index contributed by atoms with van der Waals surface area (Å²) in [6.07, 6.45) is 3.05. The summed E-state index contributed by atoms with van der Waals surface area (Å²) in [4.78, 5) is 34.0. The Morgan fingerprint density at radius 1 is 1.26 bits per heavy atom. The van der Waals surface area contributed by atoms with Crippen molar-refractivity contribution in [1.82, 2.24) is 14.8 Å². The lowest BCUT2D eigenvalue weighted by atomic mass is 9.97. The van der Waals surface area contributed by atoms with Crippen LogP contribution in [0.15, 0.2) is 30.5 Å². The molecule has 1 N–H and O–H groups in total. The molecule has 2 fully saturated rings. The lowest BCUT2D eigenvalue weighted by Gasteiger charge is -2.42. The number of nitriles is 1. The van der Waals surface area contributed by atoms with Gasteiger partial charge in [0.25, 0.3) is 5.91 Å². The molecule has 9 heteroatoms. The number of carbonyl (C=O) groups excluding carboxylic acids is 2. The van der Waals surface area contributed by atoms with Crippen LogP contribution in [-0.4, -0.2) is 65.5 Å². The second kappa shape index (κ2) is 11.2. The first-order valence-electron chi connectivity index (χ1n) is 11.9. The van der Waals surface area contributed by atoms with Crippen molar-refractivity contribution in [3.05, 3.63) is 57.9 Å². The zero-order chi connectivity index (χ0) is 24.9. The Labute approximate surface area is 210 Å². The quantitative estimate of drug-likeness (QED) is 0.680. The first-order chi connectivity index (χ1) is 16.9. The smallest absolute Gasteiger partial charge is 0.255 e. The Bertz CT molecular complexity index is 1140. The lowest BCUT2D eigenvalue weighted by molar-refractivity contribution is -0.143. The van der Waals surface area contributed by atoms with Crippen molar-refractivity contribution in [2.45, 2.75) is 39.3 Å². The van der Waals surface area contributed by atoms with Gasteiger partial charge in [0.05, 0.1) is 0 Å². The molecule has 2 aromatic rings. The summed E-state index contributed by atoms with van der Waals surface area (Å²) in [6, 6.07) is 8.76. The summed E-state index contributed by atoms with van der Waals surface area (Å²) in [6.45, 7) is 8.32. The van der Waals surface area contributed by atoms with E-state index in [0.29, 0.717) is 42.6 Å². The van der Waals surface area contributed by atoms with Crippen molar-refractivity contribution in [2.24, 2.45) is 5.92 Å². The van der Waals surface area contributed by atoms with E-state index in [0.717, 1.165) is 37.1 Å². The highest BCUT2D eigenvalue weighted by Gasteiger charge is 2.32. The summed E-state index contributed by atoms with van der Waals surface area (Å²) in [5.74, 6) is -0.00198. The van der Waals surface area contributed by atoms with Crippen LogP contribution in [0.2, 0.25) is 5.02 Å². The van der Waals surface area contributed by atoms with Crippen molar-refractivity contribution in [3.63, 3.8) is 0 Å². The molecule has 0 bridgehead atoms. The SMILES string of the molecule is Cc1c(CN2CCN(C(=O)C3CCOCC3)C(C)C2)cc(Cl)cc1NC(=O)c1ccnc(C#N)c1. The fourth-order valence-electron chi connectivity index (χ4n) is 4.78. The highest BCUT2D eigenvalue weighted by molar-refractivity contribution is 6.31. The largest absolute Gasteiger partial charge is 0.381 e. The van der Waals surface area contributed by atoms with Gasteiger partial charge in [-0.05, 0) is 62.1 Å². The van der Waals surface area contributed by atoms with E-state index in [9.17, 15) is 9.59 Å². The average Bonchev–Trinajstić information content (AvgIpc) is 2.87. The Kier molecular flexibility index (Phi) is 8.01. The molecule has 2 saturated heterocycles. The van der Waals surface area contributed by atoms with Crippen LogP contribution in [0.5, 0.6) is 0 Å². The highest BCUT2D eigenvalue weighted by atomic mass is 35.5. The Hall–Kier alpha value is -2.99.